The van der Waals surface area contributed by atoms with E-state index in [0.717, 1.165) is 13.0 Å². The molecule has 18 heavy (non-hydrogen) atoms. The Bertz CT molecular complexity index is 626. The highest BCUT2D eigenvalue weighted by molar-refractivity contribution is 6.51. The lowest BCUT2D eigenvalue weighted by atomic mass is 9.85. The van der Waals surface area contributed by atoms with E-state index in [1.54, 1.807) is 0 Å². The van der Waals surface area contributed by atoms with Crippen LogP contribution in [0.1, 0.15) is 44.4 Å². The number of hydrogen-bond acceptors (Lipinski definition) is 6. The van der Waals surface area contributed by atoms with Gasteiger partial charge in [0.25, 0.3) is 0 Å². The second-order valence-corrected chi connectivity index (χ2v) is 3.95. The molecule has 0 aromatic heterocycles. The maximum absolute atomic E-state index is 11.6. The van der Waals surface area contributed by atoms with Crippen LogP contribution in [0.25, 0.3) is 0 Å². The lowest BCUT2D eigenvalue weighted by Gasteiger charge is -2.16. The summed E-state index contributed by atoms with van der Waals surface area (Å²) in [5.74, 6) is -4.62. The van der Waals surface area contributed by atoms with Gasteiger partial charge in [-0.1, -0.05) is 0 Å². The summed E-state index contributed by atoms with van der Waals surface area (Å²) in [6.45, 7) is 1.10. The van der Waals surface area contributed by atoms with Gasteiger partial charge in [0, 0.05) is 5.56 Å². The zero-order valence-corrected chi connectivity index (χ0v) is 9.31. The molecule has 2 rings (SSSR count). The maximum atomic E-state index is 11.6. The van der Waals surface area contributed by atoms with Crippen LogP contribution in [0.3, 0.4) is 0 Å². The van der Waals surface area contributed by atoms with E-state index < -0.39 is 46.6 Å². The van der Waals surface area contributed by atoms with E-state index in [9.17, 15) is 29.4 Å². The highest BCUT2D eigenvalue weighted by Crippen LogP contribution is 2.37. The van der Waals surface area contributed by atoms with E-state index in [2.05, 4.69) is 0 Å². The summed E-state index contributed by atoms with van der Waals surface area (Å²) in [5.41, 5.74) is -1.16. The molecule has 0 aliphatic heterocycles. The normalized spacial score (nSPS) is 14.6. The molecule has 0 saturated carbocycles. The zero-order chi connectivity index (χ0) is 13.6. The number of carbonyl (C=O) groups excluding carboxylic acids is 4. The van der Waals surface area contributed by atoms with Gasteiger partial charge in [0.15, 0.2) is 11.6 Å². The molecule has 0 bridgehead atoms. The summed E-state index contributed by atoms with van der Waals surface area (Å²) in [4.78, 5) is 45.6. The molecule has 2 N–H and O–H groups in total. The van der Waals surface area contributed by atoms with Crippen LogP contribution >= 0.6 is 0 Å². The quantitative estimate of drug-likeness (QED) is 0.429. The number of aromatic hydroxyl groups is 2. The Morgan fingerprint density at radius 2 is 1.78 bits per heavy atom. The van der Waals surface area contributed by atoms with Crippen LogP contribution in [-0.2, 0) is 4.79 Å². The smallest absolute Gasteiger partial charge is 0.230 e. The van der Waals surface area contributed by atoms with Gasteiger partial charge in [0.1, 0.15) is 17.1 Å². The SMILES string of the molecule is CC(=O)c1c(O)cc2c(c1O)C(=O)CC(=O)C2=O. The van der Waals surface area contributed by atoms with Crippen LogP contribution in [0.5, 0.6) is 11.5 Å². The Kier molecular flexibility index (Phi) is 2.50. The maximum Gasteiger partial charge on any atom is 0.230 e. The van der Waals surface area contributed by atoms with Crippen LogP contribution in [0.4, 0.5) is 0 Å². The van der Waals surface area contributed by atoms with Crippen molar-refractivity contribution in [1.82, 2.24) is 0 Å². The average molecular weight is 248 g/mol. The van der Waals surface area contributed by atoms with Gasteiger partial charge in [0.05, 0.1) is 12.0 Å². The molecule has 0 amide bonds. The molecule has 0 fully saturated rings. The van der Waals surface area contributed by atoms with Gasteiger partial charge in [-0.05, 0) is 13.0 Å². The molecular weight excluding hydrogens is 240 g/mol. The summed E-state index contributed by atoms with van der Waals surface area (Å²) in [7, 11) is 0. The molecule has 6 nitrogen and oxygen atoms in total. The number of Topliss-reactive ketones (excluding diaryl/α,β-unsaturated/α-hetero) is 4. The standard InChI is InChI=1S/C12H8O6/c1-4(13)9-6(14)2-5-10(12(9)18)7(15)3-8(16)11(5)17/h2,14,18H,3H2,1H3. The van der Waals surface area contributed by atoms with E-state index >= 15 is 0 Å². The van der Waals surface area contributed by atoms with Crippen LogP contribution < -0.4 is 0 Å². The first-order valence-corrected chi connectivity index (χ1v) is 5.05. The molecule has 6 heteroatoms. The molecule has 92 valence electrons. The molecule has 1 aliphatic carbocycles. The van der Waals surface area contributed by atoms with Crippen molar-refractivity contribution in [2.75, 3.05) is 0 Å². The Labute approximate surface area is 101 Å². The van der Waals surface area contributed by atoms with Crippen molar-refractivity contribution in [2.45, 2.75) is 13.3 Å². The largest absolute Gasteiger partial charge is 0.507 e. The fraction of sp³-hybridized carbons (Fsp3) is 0.167. The fourth-order valence-electron chi connectivity index (χ4n) is 1.93. The van der Waals surface area contributed by atoms with Crippen molar-refractivity contribution in [2.24, 2.45) is 0 Å². The molecule has 0 saturated heterocycles. The van der Waals surface area contributed by atoms with Crippen LogP contribution in [0.15, 0.2) is 6.07 Å². The Balaban J connectivity index is 2.84. The van der Waals surface area contributed by atoms with Crippen molar-refractivity contribution < 1.29 is 29.4 Å². The van der Waals surface area contributed by atoms with Gasteiger partial charge in [-0.25, -0.2) is 0 Å². The second kappa shape index (κ2) is 3.76. The topological polar surface area (TPSA) is 109 Å². The third-order valence-electron chi connectivity index (χ3n) is 2.73. The van der Waals surface area contributed by atoms with Gasteiger partial charge in [-0.2, -0.15) is 0 Å². The highest BCUT2D eigenvalue weighted by Gasteiger charge is 2.35. The molecular formula is C12H8O6. The summed E-state index contributed by atoms with van der Waals surface area (Å²) in [5, 5.41) is 19.3. The molecule has 1 aromatic carbocycles. The summed E-state index contributed by atoms with van der Waals surface area (Å²) in [6, 6.07) is 0.864. The minimum absolute atomic E-state index is 0.365. The predicted molar refractivity (Wildman–Crippen MR) is 58.1 cm³/mol. The minimum Gasteiger partial charge on any atom is -0.507 e. The van der Waals surface area contributed by atoms with E-state index in [1.807, 2.05) is 0 Å². The Hall–Kier alpha value is -2.50. The number of rotatable bonds is 1. The Morgan fingerprint density at radius 1 is 1.17 bits per heavy atom. The number of carbonyl (C=O) groups is 4. The van der Waals surface area contributed by atoms with Gasteiger partial charge < -0.3 is 10.2 Å². The lowest BCUT2D eigenvalue weighted by Crippen LogP contribution is -2.27. The molecule has 0 heterocycles. The Morgan fingerprint density at radius 3 is 2.33 bits per heavy atom. The van der Waals surface area contributed by atoms with Crippen molar-refractivity contribution in [1.29, 1.82) is 0 Å². The van der Waals surface area contributed by atoms with Crippen LogP contribution in [-0.4, -0.2) is 33.3 Å². The van der Waals surface area contributed by atoms with E-state index in [1.165, 1.54) is 0 Å². The molecule has 1 aliphatic rings. The minimum atomic E-state index is -0.953. The van der Waals surface area contributed by atoms with Gasteiger partial charge in [-0.15, -0.1) is 0 Å². The van der Waals surface area contributed by atoms with Gasteiger partial charge in [0.2, 0.25) is 11.6 Å². The molecule has 0 radical (unpaired) electrons. The number of phenolic OH excluding ortho intramolecular Hbond substituents is 2. The van der Waals surface area contributed by atoms with Gasteiger partial charge >= 0.3 is 0 Å². The number of fused-ring (bicyclic) bond motifs is 1. The van der Waals surface area contributed by atoms with Crippen LogP contribution in [0.2, 0.25) is 0 Å². The molecule has 1 aromatic rings. The molecule has 0 spiro atoms. The first-order chi connectivity index (χ1) is 8.34. The van der Waals surface area contributed by atoms with Crippen molar-refractivity contribution >= 4 is 23.1 Å². The highest BCUT2D eigenvalue weighted by atomic mass is 16.3. The van der Waals surface area contributed by atoms with Crippen molar-refractivity contribution in [3.63, 3.8) is 0 Å². The van der Waals surface area contributed by atoms with Crippen molar-refractivity contribution in [3.8, 4) is 11.5 Å². The zero-order valence-electron chi connectivity index (χ0n) is 9.31. The third-order valence-corrected chi connectivity index (χ3v) is 2.73. The summed E-state index contributed by atoms with van der Waals surface area (Å²) >= 11 is 0. The van der Waals surface area contributed by atoms with Crippen molar-refractivity contribution in [3.05, 3.63) is 22.8 Å². The molecule has 0 atom stereocenters. The van der Waals surface area contributed by atoms with E-state index in [0.29, 0.717) is 0 Å². The van der Waals surface area contributed by atoms with Crippen LogP contribution in [0, 0.1) is 0 Å². The summed E-state index contributed by atoms with van der Waals surface area (Å²) < 4.78 is 0. The van der Waals surface area contributed by atoms with E-state index in [-0.39, 0.29) is 11.1 Å². The monoisotopic (exact) mass is 248 g/mol. The average Bonchev–Trinajstić information content (AvgIpc) is 2.24. The number of phenols is 2. The number of hydrogen-bond donors (Lipinski definition) is 2. The van der Waals surface area contributed by atoms with Gasteiger partial charge in [-0.3, -0.25) is 19.2 Å². The predicted octanol–water partition coefficient (Wildman–Crippen LogP) is 0.639. The fourth-order valence-corrected chi connectivity index (χ4v) is 1.93. The molecule has 0 unspecified atom stereocenters. The lowest BCUT2D eigenvalue weighted by molar-refractivity contribution is -0.114. The first-order valence-electron chi connectivity index (χ1n) is 5.05. The van der Waals surface area contributed by atoms with E-state index in [4.69, 9.17) is 0 Å². The second-order valence-electron chi connectivity index (χ2n) is 3.95. The first kappa shape index (κ1) is 12.0. The third kappa shape index (κ3) is 1.50. The summed E-state index contributed by atoms with van der Waals surface area (Å²) in [6.07, 6.45) is -0.637. The number of ketones is 4. The number of benzene rings is 1.